The number of rotatable bonds is 3. The second-order valence-electron chi connectivity index (χ2n) is 5.86. The van der Waals surface area contributed by atoms with Gasteiger partial charge >= 0.3 is 0 Å². The molecular formula is C14H22ClN5. The van der Waals surface area contributed by atoms with Gasteiger partial charge in [0.15, 0.2) is 5.82 Å². The van der Waals surface area contributed by atoms with Gasteiger partial charge < -0.3 is 15.5 Å². The Morgan fingerprint density at radius 1 is 1.20 bits per heavy atom. The Hall–Kier alpha value is -1.07. The van der Waals surface area contributed by atoms with E-state index in [1.54, 1.807) is 6.20 Å². The van der Waals surface area contributed by atoms with E-state index in [0.29, 0.717) is 5.69 Å². The Morgan fingerprint density at radius 3 is 2.60 bits per heavy atom. The van der Waals surface area contributed by atoms with Crippen molar-refractivity contribution in [1.82, 2.24) is 14.9 Å². The maximum atomic E-state index is 5.95. The molecule has 2 fully saturated rings. The lowest BCUT2D eigenvalue weighted by Gasteiger charge is -2.34. The molecule has 2 saturated heterocycles. The second-order valence-corrected chi connectivity index (χ2v) is 6.19. The van der Waals surface area contributed by atoms with Crippen molar-refractivity contribution in [2.24, 2.45) is 5.92 Å². The lowest BCUT2D eigenvalue weighted by molar-refractivity contribution is 0.249. The van der Waals surface area contributed by atoms with Crippen LogP contribution in [0.5, 0.6) is 0 Å². The Labute approximate surface area is 125 Å². The first-order valence-corrected chi connectivity index (χ1v) is 7.85. The quantitative estimate of drug-likeness (QED) is 0.865. The maximum absolute atomic E-state index is 5.95. The van der Waals surface area contributed by atoms with Crippen LogP contribution in [0.15, 0.2) is 6.20 Å². The summed E-state index contributed by atoms with van der Waals surface area (Å²) in [6, 6.07) is 0. The van der Waals surface area contributed by atoms with Gasteiger partial charge in [-0.1, -0.05) is 0 Å². The standard InChI is InChI=1S/C14H22ClN5/c15-14-17-9-12(16)13(18-14)20-7-3-11(4-8-20)10-19-5-1-2-6-19/h9,11H,1-8,10,16H2. The molecule has 6 heteroatoms. The highest BCUT2D eigenvalue weighted by atomic mass is 35.5. The average molecular weight is 296 g/mol. The smallest absolute Gasteiger partial charge is 0.224 e. The zero-order valence-corrected chi connectivity index (χ0v) is 12.5. The van der Waals surface area contributed by atoms with E-state index in [0.717, 1.165) is 24.8 Å². The van der Waals surface area contributed by atoms with Gasteiger partial charge in [-0.2, -0.15) is 4.98 Å². The summed E-state index contributed by atoms with van der Waals surface area (Å²) in [6.45, 7) is 5.85. The molecule has 20 heavy (non-hydrogen) atoms. The lowest BCUT2D eigenvalue weighted by atomic mass is 9.96. The molecule has 0 atom stereocenters. The van der Waals surface area contributed by atoms with Gasteiger partial charge in [-0.05, 0) is 56.3 Å². The molecule has 0 amide bonds. The molecule has 0 spiro atoms. The summed E-state index contributed by atoms with van der Waals surface area (Å²) in [5, 5.41) is 0.272. The zero-order chi connectivity index (χ0) is 13.9. The minimum Gasteiger partial charge on any atom is -0.394 e. The van der Waals surface area contributed by atoms with E-state index >= 15 is 0 Å². The van der Waals surface area contributed by atoms with Gasteiger partial charge in [0.25, 0.3) is 0 Å². The van der Waals surface area contributed by atoms with E-state index in [1.807, 2.05) is 0 Å². The average Bonchev–Trinajstić information content (AvgIpc) is 2.95. The van der Waals surface area contributed by atoms with E-state index in [4.69, 9.17) is 17.3 Å². The van der Waals surface area contributed by atoms with Gasteiger partial charge in [0.2, 0.25) is 5.28 Å². The topological polar surface area (TPSA) is 58.3 Å². The van der Waals surface area contributed by atoms with E-state index in [2.05, 4.69) is 19.8 Å². The molecule has 2 N–H and O–H groups in total. The molecule has 0 unspecified atom stereocenters. The third-order valence-corrected chi connectivity index (χ3v) is 4.58. The fourth-order valence-electron chi connectivity index (χ4n) is 3.27. The molecule has 3 rings (SSSR count). The first-order chi connectivity index (χ1) is 9.72. The number of nitrogens with zero attached hydrogens (tertiary/aromatic N) is 4. The highest BCUT2D eigenvalue weighted by Crippen LogP contribution is 2.27. The van der Waals surface area contributed by atoms with Crippen molar-refractivity contribution in [2.45, 2.75) is 25.7 Å². The second kappa shape index (κ2) is 6.14. The van der Waals surface area contributed by atoms with Crippen molar-refractivity contribution in [3.8, 4) is 0 Å². The first-order valence-electron chi connectivity index (χ1n) is 7.47. The third kappa shape index (κ3) is 3.15. The van der Waals surface area contributed by atoms with Crippen molar-refractivity contribution < 1.29 is 0 Å². The van der Waals surface area contributed by atoms with Crippen LogP contribution in [-0.4, -0.2) is 47.6 Å². The highest BCUT2D eigenvalue weighted by molar-refractivity contribution is 6.28. The molecule has 1 aromatic heterocycles. The summed E-state index contributed by atoms with van der Waals surface area (Å²) in [4.78, 5) is 13.0. The molecule has 0 saturated carbocycles. The van der Waals surface area contributed by atoms with Crippen LogP contribution in [0.4, 0.5) is 11.5 Å². The molecule has 0 bridgehead atoms. The Bertz CT molecular complexity index is 453. The molecule has 2 aliphatic heterocycles. The number of likely N-dealkylation sites (tertiary alicyclic amines) is 1. The third-order valence-electron chi connectivity index (χ3n) is 4.40. The number of piperidine rings is 1. The van der Waals surface area contributed by atoms with Gasteiger partial charge in [0.1, 0.15) is 0 Å². The minimum atomic E-state index is 0.272. The molecule has 1 aromatic rings. The van der Waals surface area contributed by atoms with Crippen LogP contribution in [0, 0.1) is 5.92 Å². The SMILES string of the molecule is Nc1cnc(Cl)nc1N1CCC(CN2CCCC2)CC1. The summed E-state index contributed by atoms with van der Waals surface area (Å²) in [5.41, 5.74) is 6.57. The Morgan fingerprint density at radius 2 is 1.90 bits per heavy atom. The van der Waals surface area contributed by atoms with Gasteiger partial charge in [0.05, 0.1) is 11.9 Å². The van der Waals surface area contributed by atoms with E-state index < -0.39 is 0 Å². The number of hydrogen-bond donors (Lipinski definition) is 1. The van der Waals surface area contributed by atoms with Crippen molar-refractivity contribution in [3.63, 3.8) is 0 Å². The summed E-state index contributed by atoms with van der Waals surface area (Å²) in [7, 11) is 0. The van der Waals surface area contributed by atoms with E-state index in [1.165, 1.54) is 45.3 Å². The summed E-state index contributed by atoms with van der Waals surface area (Å²) in [5.74, 6) is 1.60. The molecular weight excluding hydrogens is 274 g/mol. The number of nitrogen functional groups attached to an aromatic ring is 1. The fraction of sp³-hybridized carbons (Fsp3) is 0.714. The molecule has 5 nitrogen and oxygen atoms in total. The predicted octanol–water partition coefficient (Wildman–Crippen LogP) is 2.02. The van der Waals surface area contributed by atoms with Crippen LogP contribution < -0.4 is 10.6 Å². The highest BCUT2D eigenvalue weighted by Gasteiger charge is 2.24. The van der Waals surface area contributed by atoms with Gasteiger partial charge in [-0.15, -0.1) is 0 Å². The largest absolute Gasteiger partial charge is 0.394 e. The minimum absolute atomic E-state index is 0.272. The fourth-order valence-corrected chi connectivity index (χ4v) is 3.40. The first kappa shape index (κ1) is 13.9. The Balaban J connectivity index is 1.56. The normalized spacial score (nSPS) is 21.6. The summed E-state index contributed by atoms with van der Waals surface area (Å²) >= 11 is 5.87. The summed E-state index contributed by atoms with van der Waals surface area (Å²) < 4.78 is 0. The molecule has 2 aliphatic rings. The van der Waals surface area contributed by atoms with Crippen molar-refractivity contribution in [2.75, 3.05) is 43.4 Å². The van der Waals surface area contributed by atoms with Crippen LogP contribution in [0.1, 0.15) is 25.7 Å². The molecule has 110 valence electrons. The van der Waals surface area contributed by atoms with Crippen LogP contribution in [0.25, 0.3) is 0 Å². The van der Waals surface area contributed by atoms with Crippen LogP contribution in [0.2, 0.25) is 5.28 Å². The van der Waals surface area contributed by atoms with E-state index in [9.17, 15) is 0 Å². The number of anilines is 2. The zero-order valence-electron chi connectivity index (χ0n) is 11.8. The van der Waals surface area contributed by atoms with Crippen molar-refractivity contribution in [3.05, 3.63) is 11.5 Å². The molecule has 0 radical (unpaired) electrons. The number of nitrogens with two attached hydrogens (primary N) is 1. The van der Waals surface area contributed by atoms with Crippen LogP contribution in [-0.2, 0) is 0 Å². The van der Waals surface area contributed by atoms with Crippen molar-refractivity contribution >= 4 is 23.1 Å². The molecule has 3 heterocycles. The molecule has 0 aliphatic carbocycles. The predicted molar refractivity (Wildman–Crippen MR) is 82.1 cm³/mol. The van der Waals surface area contributed by atoms with Crippen molar-refractivity contribution in [1.29, 1.82) is 0 Å². The van der Waals surface area contributed by atoms with E-state index in [-0.39, 0.29) is 5.28 Å². The van der Waals surface area contributed by atoms with Crippen LogP contribution >= 0.6 is 11.6 Å². The monoisotopic (exact) mass is 295 g/mol. The maximum Gasteiger partial charge on any atom is 0.224 e. The summed E-state index contributed by atoms with van der Waals surface area (Å²) in [6.07, 6.45) is 6.75. The van der Waals surface area contributed by atoms with Crippen LogP contribution in [0.3, 0.4) is 0 Å². The number of halogens is 1. The number of hydrogen-bond acceptors (Lipinski definition) is 5. The van der Waals surface area contributed by atoms with Gasteiger partial charge in [0, 0.05) is 19.6 Å². The number of aromatic nitrogens is 2. The van der Waals surface area contributed by atoms with Gasteiger partial charge in [-0.3, -0.25) is 0 Å². The molecule has 0 aromatic carbocycles. The lowest BCUT2D eigenvalue weighted by Crippen LogP contribution is -2.38. The Kier molecular flexibility index (Phi) is 4.27. The van der Waals surface area contributed by atoms with Gasteiger partial charge in [-0.25, -0.2) is 4.98 Å².